The van der Waals surface area contributed by atoms with E-state index in [1.807, 2.05) is 0 Å². The van der Waals surface area contributed by atoms with Crippen LogP contribution in [0.1, 0.15) is 18.7 Å². The van der Waals surface area contributed by atoms with Crippen molar-refractivity contribution in [1.82, 2.24) is 10.2 Å². The van der Waals surface area contributed by atoms with Gasteiger partial charge in [-0.1, -0.05) is 0 Å². The first-order valence-corrected chi connectivity index (χ1v) is 8.44. The lowest BCUT2D eigenvalue weighted by atomic mass is 10.1. The number of halogens is 2. The summed E-state index contributed by atoms with van der Waals surface area (Å²) in [5.74, 6) is -2.02. The molecule has 0 radical (unpaired) electrons. The molecule has 5 nitrogen and oxygen atoms in total. The van der Waals surface area contributed by atoms with Gasteiger partial charge in [-0.25, -0.2) is 17.2 Å². The van der Waals surface area contributed by atoms with Crippen LogP contribution in [0.2, 0.25) is 0 Å². The Kier molecular flexibility index (Phi) is 4.29. The number of rotatable bonds is 4. The van der Waals surface area contributed by atoms with Gasteiger partial charge in [0.25, 0.3) is 0 Å². The Morgan fingerprint density at radius 2 is 2.00 bits per heavy atom. The number of hydrogen-bond donors (Lipinski definition) is 1. The van der Waals surface area contributed by atoms with Gasteiger partial charge < -0.3 is 4.90 Å². The predicted molar refractivity (Wildman–Crippen MR) is 73.1 cm³/mol. The number of sulfone groups is 1. The average Bonchev–Trinajstić information content (AvgIpc) is 2.62. The lowest BCUT2D eigenvalue weighted by Crippen LogP contribution is -2.35. The lowest BCUT2D eigenvalue weighted by Gasteiger charge is -2.24. The summed E-state index contributed by atoms with van der Waals surface area (Å²) in [6.45, 7) is 1.56. The van der Waals surface area contributed by atoms with Gasteiger partial charge in [0.1, 0.15) is 27.6 Å². The quantitative estimate of drug-likeness (QED) is 0.893. The molecule has 1 fully saturated rings. The number of hydrogen-bond acceptors (Lipinski definition) is 4. The standard InChI is InChI=1S/C13H16F2N2O3S/c1-8-13(18)17(5-6-21(2,19)20)12(16-8)10-4-3-9(14)7-11(10)15/h3-4,7-8,12,16H,5-6H2,1-2H3. The second-order valence-corrected chi connectivity index (χ2v) is 7.38. The van der Waals surface area contributed by atoms with Crippen LogP contribution < -0.4 is 5.32 Å². The molecular formula is C13H16F2N2O3S. The molecule has 2 atom stereocenters. The third kappa shape index (κ3) is 3.56. The van der Waals surface area contributed by atoms with E-state index >= 15 is 0 Å². The molecule has 1 aliphatic heterocycles. The Labute approximate surface area is 121 Å². The maximum atomic E-state index is 13.9. The maximum Gasteiger partial charge on any atom is 0.241 e. The summed E-state index contributed by atoms with van der Waals surface area (Å²) in [6.07, 6.45) is 0.271. The number of nitrogens with one attached hydrogen (secondary N) is 1. The summed E-state index contributed by atoms with van der Waals surface area (Å²) in [7, 11) is -3.25. The van der Waals surface area contributed by atoms with Crippen LogP contribution in [0.15, 0.2) is 18.2 Å². The first-order valence-electron chi connectivity index (χ1n) is 6.38. The molecular weight excluding hydrogens is 302 g/mol. The minimum Gasteiger partial charge on any atom is -0.320 e. The van der Waals surface area contributed by atoms with Crippen LogP contribution in [0.4, 0.5) is 8.78 Å². The van der Waals surface area contributed by atoms with Crippen LogP contribution in [0.25, 0.3) is 0 Å². The first kappa shape index (κ1) is 15.8. The minimum absolute atomic E-state index is 0.0451. The van der Waals surface area contributed by atoms with Crippen molar-refractivity contribution < 1.29 is 22.0 Å². The molecule has 1 saturated heterocycles. The van der Waals surface area contributed by atoms with Gasteiger partial charge in [0.05, 0.1) is 11.8 Å². The second kappa shape index (κ2) is 5.69. The molecule has 8 heteroatoms. The Morgan fingerprint density at radius 3 is 2.57 bits per heavy atom. The molecule has 1 amide bonds. The molecule has 1 aromatic rings. The van der Waals surface area contributed by atoms with Crippen LogP contribution in [0.5, 0.6) is 0 Å². The molecule has 0 bridgehead atoms. The predicted octanol–water partition coefficient (Wildman–Crippen LogP) is 0.828. The van der Waals surface area contributed by atoms with E-state index < -0.39 is 33.7 Å². The molecule has 0 aliphatic carbocycles. The summed E-state index contributed by atoms with van der Waals surface area (Å²) < 4.78 is 49.3. The topological polar surface area (TPSA) is 66.5 Å². The second-order valence-electron chi connectivity index (χ2n) is 5.12. The van der Waals surface area contributed by atoms with Gasteiger partial charge in [-0.05, 0) is 19.1 Å². The van der Waals surface area contributed by atoms with Crippen LogP contribution in [0.3, 0.4) is 0 Å². The highest BCUT2D eigenvalue weighted by molar-refractivity contribution is 7.90. The maximum absolute atomic E-state index is 13.9. The molecule has 1 N–H and O–H groups in total. The molecule has 0 spiro atoms. The van der Waals surface area contributed by atoms with E-state index in [0.29, 0.717) is 0 Å². The normalized spacial score (nSPS) is 22.9. The van der Waals surface area contributed by atoms with Crippen molar-refractivity contribution >= 4 is 15.7 Å². The molecule has 1 aliphatic rings. The zero-order valence-corrected chi connectivity index (χ0v) is 12.5. The first-order chi connectivity index (χ1) is 9.69. The summed E-state index contributed by atoms with van der Waals surface area (Å²) in [5, 5.41) is 2.89. The summed E-state index contributed by atoms with van der Waals surface area (Å²) in [4.78, 5) is 13.3. The van der Waals surface area contributed by atoms with Gasteiger partial charge >= 0.3 is 0 Å². The van der Waals surface area contributed by atoms with Gasteiger partial charge in [0.15, 0.2) is 0 Å². The Morgan fingerprint density at radius 1 is 1.33 bits per heavy atom. The van der Waals surface area contributed by atoms with E-state index in [-0.39, 0.29) is 23.8 Å². The fraction of sp³-hybridized carbons (Fsp3) is 0.462. The van der Waals surface area contributed by atoms with E-state index in [1.165, 1.54) is 11.0 Å². The molecule has 2 rings (SSSR count). The van der Waals surface area contributed by atoms with Crippen LogP contribution >= 0.6 is 0 Å². The van der Waals surface area contributed by atoms with Crippen molar-refractivity contribution in [3.05, 3.63) is 35.4 Å². The zero-order chi connectivity index (χ0) is 15.8. The third-order valence-corrected chi connectivity index (χ3v) is 4.26. The molecule has 0 saturated carbocycles. The number of amides is 1. The summed E-state index contributed by atoms with van der Waals surface area (Å²) >= 11 is 0. The fourth-order valence-electron chi connectivity index (χ4n) is 2.26. The monoisotopic (exact) mass is 318 g/mol. The smallest absolute Gasteiger partial charge is 0.241 e. The average molecular weight is 318 g/mol. The SMILES string of the molecule is CC1NC(c2ccc(F)cc2F)N(CCS(C)(=O)=O)C1=O. The molecule has 21 heavy (non-hydrogen) atoms. The lowest BCUT2D eigenvalue weighted by molar-refractivity contribution is -0.129. The van der Waals surface area contributed by atoms with Crippen molar-refractivity contribution in [3.63, 3.8) is 0 Å². The summed E-state index contributed by atoms with van der Waals surface area (Å²) in [6, 6.07) is 2.53. The van der Waals surface area contributed by atoms with E-state index in [1.54, 1.807) is 6.92 Å². The number of carbonyl (C=O) groups is 1. The third-order valence-electron chi connectivity index (χ3n) is 3.33. The van der Waals surface area contributed by atoms with Gasteiger partial charge in [-0.15, -0.1) is 0 Å². The minimum atomic E-state index is -3.25. The molecule has 116 valence electrons. The molecule has 2 unspecified atom stereocenters. The van der Waals surface area contributed by atoms with E-state index in [4.69, 9.17) is 0 Å². The zero-order valence-electron chi connectivity index (χ0n) is 11.6. The van der Waals surface area contributed by atoms with Gasteiger partial charge in [0, 0.05) is 24.4 Å². The highest BCUT2D eigenvalue weighted by Crippen LogP contribution is 2.27. The van der Waals surface area contributed by atoms with Crippen molar-refractivity contribution in [1.29, 1.82) is 0 Å². The van der Waals surface area contributed by atoms with Gasteiger partial charge in [-0.2, -0.15) is 0 Å². The van der Waals surface area contributed by atoms with Crippen LogP contribution in [-0.4, -0.2) is 43.8 Å². The molecule has 1 aromatic carbocycles. The Balaban J connectivity index is 2.29. The number of carbonyl (C=O) groups excluding carboxylic acids is 1. The highest BCUT2D eigenvalue weighted by Gasteiger charge is 2.38. The van der Waals surface area contributed by atoms with Gasteiger partial charge in [-0.3, -0.25) is 10.1 Å². The highest BCUT2D eigenvalue weighted by atomic mass is 32.2. The molecule has 1 heterocycles. The van der Waals surface area contributed by atoms with Crippen molar-refractivity contribution in [2.24, 2.45) is 0 Å². The van der Waals surface area contributed by atoms with Crippen LogP contribution in [0, 0.1) is 11.6 Å². The summed E-state index contributed by atoms with van der Waals surface area (Å²) in [5.41, 5.74) is 0.114. The van der Waals surface area contributed by atoms with Gasteiger partial charge in [0.2, 0.25) is 5.91 Å². The Hall–Kier alpha value is -1.54. The fourth-order valence-corrected chi connectivity index (χ4v) is 2.79. The van der Waals surface area contributed by atoms with Crippen LogP contribution in [-0.2, 0) is 14.6 Å². The van der Waals surface area contributed by atoms with Crippen molar-refractivity contribution in [3.8, 4) is 0 Å². The Bertz CT molecular complexity index is 663. The number of nitrogens with zero attached hydrogens (tertiary/aromatic N) is 1. The largest absolute Gasteiger partial charge is 0.320 e. The van der Waals surface area contributed by atoms with E-state index in [0.717, 1.165) is 18.4 Å². The van der Waals surface area contributed by atoms with Crippen molar-refractivity contribution in [2.75, 3.05) is 18.6 Å². The van der Waals surface area contributed by atoms with E-state index in [9.17, 15) is 22.0 Å². The molecule has 0 aromatic heterocycles. The van der Waals surface area contributed by atoms with Crippen molar-refractivity contribution in [2.45, 2.75) is 19.1 Å². The number of benzene rings is 1. The van der Waals surface area contributed by atoms with E-state index in [2.05, 4.69) is 5.32 Å².